The van der Waals surface area contributed by atoms with Gasteiger partial charge in [0.15, 0.2) is 0 Å². The summed E-state index contributed by atoms with van der Waals surface area (Å²) in [6, 6.07) is 19.9. The Morgan fingerprint density at radius 3 is 1.77 bits per heavy atom. The Bertz CT molecular complexity index is 608. The van der Waals surface area contributed by atoms with Gasteiger partial charge in [-0.3, -0.25) is 0 Å². The topological polar surface area (TPSA) is 69.2 Å². The zero-order chi connectivity index (χ0) is 15.1. The first-order chi connectivity index (χ1) is 10.1. The van der Waals surface area contributed by atoms with Gasteiger partial charge >= 0.3 is 29.6 Å². The Labute approximate surface area is 154 Å². The van der Waals surface area contributed by atoms with Crippen LogP contribution in [0, 0.1) is 0 Å². The quantitative estimate of drug-likeness (QED) is 0.415. The van der Waals surface area contributed by atoms with Crippen molar-refractivity contribution in [2.24, 2.45) is 0 Å². The largest absolute Gasteiger partial charge is 1.00 e. The number of benzene rings is 2. The van der Waals surface area contributed by atoms with Gasteiger partial charge in [-0.1, -0.05) is 60.7 Å². The van der Waals surface area contributed by atoms with E-state index in [0.717, 1.165) is 11.1 Å². The molecule has 2 rings (SSSR count). The fourth-order valence-electron chi connectivity index (χ4n) is 2.21. The van der Waals surface area contributed by atoms with Crippen molar-refractivity contribution in [1.29, 1.82) is 0 Å². The van der Waals surface area contributed by atoms with Crippen LogP contribution in [-0.4, -0.2) is 25.3 Å². The van der Waals surface area contributed by atoms with Gasteiger partial charge in [-0.25, -0.2) is 8.42 Å². The van der Waals surface area contributed by atoms with Crippen molar-refractivity contribution in [3.8, 4) is 0 Å². The first-order valence-electron chi connectivity index (χ1n) is 6.83. The van der Waals surface area contributed by atoms with E-state index in [1.807, 2.05) is 60.7 Å². The van der Waals surface area contributed by atoms with Crippen molar-refractivity contribution < 1.29 is 42.5 Å². The van der Waals surface area contributed by atoms with Gasteiger partial charge in [-0.2, -0.15) is 0 Å². The molecule has 6 heteroatoms. The summed E-state index contributed by atoms with van der Waals surface area (Å²) in [5.41, 5.74) is 2.21. The zero-order valence-electron chi connectivity index (χ0n) is 12.6. The number of nitrogens with one attached hydrogen (secondary N) is 1. The summed E-state index contributed by atoms with van der Waals surface area (Å²) in [6.45, 7) is 0.468. The van der Waals surface area contributed by atoms with E-state index in [2.05, 4.69) is 5.32 Å². The van der Waals surface area contributed by atoms with E-state index >= 15 is 0 Å². The number of rotatable bonds is 7. The molecule has 0 amide bonds. The van der Waals surface area contributed by atoms with Crippen LogP contribution in [0.1, 0.15) is 23.6 Å². The first kappa shape index (κ1) is 19.4. The van der Waals surface area contributed by atoms with Crippen molar-refractivity contribution in [2.75, 3.05) is 12.3 Å². The first-order valence-corrected chi connectivity index (χ1v) is 8.41. The van der Waals surface area contributed by atoms with Crippen molar-refractivity contribution >= 4 is 10.1 Å². The normalized spacial score (nSPS) is 11.2. The van der Waals surface area contributed by atoms with Crippen molar-refractivity contribution in [1.82, 2.24) is 5.32 Å². The standard InChI is InChI=1S/C16H19NO3S.Na/c18-21(19,20)13-7-12-17-16(14-8-3-1-4-9-14)15-10-5-2-6-11-15;/h1-6,8-11,16-17H,7,12-13H2,(H,18,19,20);/q;+1/p-1. The second-order valence-electron chi connectivity index (χ2n) is 4.82. The van der Waals surface area contributed by atoms with E-state index in [4.69, 9.17) is 0 Å². The van der Waals surface area contributed by atoms with Crippen LogP contribution >= 0.6 is 0 Å². The minimum Gasteiger partial charge on any atom is -0.748 e. The van der Waals surface area contributed by atoms with Gasteiger partial charge in [0, 0.05) is 5.75 Å². The predicted molar refractivity (Wildman–Crippen MR) is 81.9 cm³/mol. The fraction of sp³-hybridized carbons (Fsp3) is 0.250. The molecule has 2 aromatic carbocycles. The van der Waals surface area contributed by atoms with Crippen molar-refractivity contribution in [3.63, 3.8) is 0 Å². The molecular weight excluding hydrogens is 309 g/mol. The van der Waals surface area contributed by atoms with Crippen LogP contribution < -0.4 is 34.9 Å². The van der Waals surface area contributed by atoms with Gasteiger partial charge in [0.25, 0.3) is 0 Å². The Morgan fingerprint density at radius 1 is 0.909 bits per heavy atom. The van der Waals surface area contributed by atoms with E-state index in [-0.39, 0.29) is 41.4 Å². The maximum atomic E-state index is 10.6. The third-order valence-electron chi connectivity index (χ3n) is 3.19. The summed E-state index contributed by atoms with van der Waals surface area (Å²) in [4.78, 5) is 0. The molecule has 0 aliphatic rings. The van der Waals surface area contributed by atoms with E-state index in [1.54, 1.807) is 0 Å². The number of hydrogen-bond donors (Lipinski definition) is 1. The van der Waals surface area contributed by atoms with E-state index in [1.165, 1.54) is 0 Å². The Kier molecular flexibility index (Phi) is 8.31. The Balaban J connectivity index is 0.00000242. The second-order valence-corrected chi connectivity index (χ2v) is 6.35. The average molecular weight is 327 g/mol. The molecule has 0 spiro atoms. The molecule has 0 aromatic heterocycles. The monoisotopic (exact) mass is 327 g/mol. The van der Waals surface area contributed by atoms with Crippen LogP contribution in [0.25, 0.3) is 0 Å². The summed E-state index contributed by atoms with van der Waals surface area (Å²) < 4.78 is 31.9. The maximum absolute atomic E-state index is 10.6. The minimum absolute atomic E-state index is 0. The average Bonchev–Trinajstić information content (AvgIpc) is 2.48. The predicted octanol–water partition coefficient (Wildman–Crippen LogP) is -0.695. The van der Waals surface area contributed by atoms with Gasteiger partial charge in [0.05, 0.1) is 16.2 Å². The molecule has 22 heavy (non-hydrogen) atoms. The molecule has 0 aliphatic heterocycles. The molecule has 0 unspecified atom stereocenters. The molecule has 0 fully saturated rings. The molecule has 0 heterocycles. The molecule has 0 bridgehead atoms. The summed E-state index contributed by atoms with van der Waals surface area (Å²) >= 11 is 0. The molecule has 0 saturated carbocycles. The minimum atomic E-state index is -4.14. The van der Waals surface area contributed by atoms with E-state index in [0.29, 0.717) is 13.0 Å². The van der Waals surface area contributed by atoms with Crippen LogP contribution in [0.3, 0.4) is 0 Å². The van der Waals surface area contributed by atoms with Crippen LogP contribution in [0.2, 0.25) is 0 Å². The molecule has 1 N–H and O–H groups in total. The van der Waals surface area contributed by atoms with Gasteiger partial charge in [-0.15, -0.1) is 0 Å². The van der Waals surface area contributed by atoms with Crippen LogP contribution in [-0.2, 0) is 10.1 Å². The molecule has 0 atom stereocenters. The van der Waals surface area contributed by atoms with Crippen molar-refractivity contribution in [2.45, 2.75) is 12.5 Å². The fourth-order valence-corrected chi connectivity index (χ4v) is 2.71. The summed E-state index contributed by atoms with van der Waals surface area (Å²) in [5, 5.41) is 3.32. The van der Waals surface area contributed by atoms with Crippen LogP contribution in [0.5, 0.6) is 0 Å². The van der Waals surface area contributed by atoms with Gasteiger partial charge < -0.3 is 9.87 Å². The van der Waals surface area contributed by atoms with E-state index in [9.17, 15) is 13.0 Å². The van der Waals surface area contributed by atoms with Gasteiger partial charge in [0.2, 0.25) is 0 Å². The summed E-state index contributed by atoms with van der Waals surface area (Å²) in [7, 11) is -4.14. The summed E-state index contributed by atoms with van der Waals surface area (Å²) in [6.07, 6.45) is 0.308. The zero-order valence-corrected chi connectivity index (χ0v) is 15.4. The smallest absolute Gasteiger partial charge is 0.748 e. The molecule has 2 aromatic rings. The van der Waals surface area contributed by atoms with Crippen molar-refractivity contribution in [3.05, 3.63) is 71.8 Å². The Hall–Kier alpha value is -0.690. The van der Waals surface area contributed by atoms with Crippen LogP contribution in [0.4, 0.5) is 0 Å². The second kappa shape index (κ2) is 9.45. The van der Waals surface area contributed by atoms with Crippen LogP contribution in [0.15, 0.2) is 60.7 Å². The molecule has 4 nitrogen and oxygen atoms in total. The SMILES string of the molecule is O=S(=O)([O-])CCCNC(c1ccccc1)c1ccccc1.[Na+]. The molecule has 0 saturated heterocycles. The third-order valence-corrected chi connectivity index (χ3v) is 3.97. The third kappa shape index (κ3) is 6.60. The summed E-state index contributed by atoms with van der Waals surface area (Å²) in [5.74, 6) is -0.337. The molecule has 112 valence electrons. The molecule has 0 radical (unpaired) electrons. The van der Waals surface area contributed by atoms with Gasteiger partial charge in [0.1, 0.15) is 0 Å². The molecular formula is C16H18NNaO3S. The molecule has 0 aliphatic carbocycles. The maximum Gasteiger partial charge on any atom is 1.00 e. The number of hydrogen-bond acceptors (Lipinski definition) is 4. The Morgan fingerprint density at radius 2 is 1.36 bits per heavy atom. The van der Waals surface area contributed by atoms with E-state index < -0.39 is 10.1 Å². The van der Waals surface area contributed by atoms with Gasteiger partial charge in [-0.05, 0) is 24.1 Å².